The van der Waals surface area contributed by atoms with Crippen LogP contribution in [0.1, 0.15) is 12.8 Å². The Bertz CT molecular complexity index is 97.7. The van der Waals surface area contributed by atoms with E-state index >= 15 is 0 Å². The summed E-state index contributed by atoms with van der Waals surface area (Å²) in [6.45, 7) is 0.451. The van der Waals surface area contributed by atoms with Gasteiger partial charge in [-0.3, -0.25) is 0 Å². The van der Waals surface area contributed by atoms with E-state index in [0.29, 0.717) is 12.5 Å². The lowest BCUT2D eigenvalue weighted by Gasteiger charge is -2.01. The standard InChI is InChI=1S/C6H12ClNO2/c1-8-6(9)10-5-3-2-4-7/h2-5H2,1H3,(H,8,9). The van der Waals surface area contributed by atoms with Crippen molar-refractivity contribution < 1.29 is 9.53 Å². The van der Waals surface area contributed by atoms with Crippen LogP contribution in [-0.2, 0) is 4.74 Å². The van der Waals surface area contributed by atoms with Crippen molar-refractivity contribution in [2.45, 2.75) is 12.8 Å². The van der Waals surface area contributed by atoms with Crippen molar-refractivity contribution in [3.05, 3.63) is 0 Å². The maximum absolute atomic E-state index is 10.4. The van der Waals surface area contributed by atoms with Crippen molar-refractivity contribution in [1.82, 2.24) is 5.32 Å². The Balaban J connectivity index is 2.96. The van der Waals surface area contributed by atoms with E-state index in [9.17, 15) is 4.79 Å². The number of ether oxygens (including phenoxy) is 1. The maximum atomic E-state index is 10.4. The van der Waals surface area contributed by atoms with E-state index in [1.54, 1.807) is 0 Å². The quantitative estimate of drug-likeness (QED) is 0.505. The van der Waals surface area contributed by atoms with E-state index in [1.807, 2.05) is 0 Å². The number of nitrogens with one attached hydrogen (secondary N) is 1. The van der Waals surface area contributed by atoms with Crippen LogP contribution < -0.4 is 5.32 Å². The van der Waals surface area contributed by atoms with Gasteiger partial charge in [0.25, 0.3) is 0 Å². The lowest BCUT2D eigenvalue weighted by molar-refractivity contribution is 0.147. The van der Waals surface area contributed by atoms with Crippen LogP contribution >= 0.6 is 11.6 Å². The summed E-state index contributed by atoms with van der Waals surface area (Å²) >= 11 is 5.39. The zero-order valence-corrected chi connectivity index (χ0v) is 6.78. The molecule has 3 nitrogen and oxygen atoms in total. The van der Waals surface area contributed by atoms with E-state index < -0.39 is 0 Å². The Hall–Kier alpha value is -0.440. The van der Waals surface area contributed by atoms with Crippen LogP contribution in [0.4, 0.5) is 4.79 Å². The van der Waals surface area contributed by atoms with E-state index in [4.69, 9.17) is 11.6 Å². The molecule has 0 aliphatic heterocycles. The fourth-order valence-electron chi connectivity index (χ4n) is 0.434. The van der Waals surface area contributed by atoms with Gasteiger partial charge in [-0.2, -0.15) is 0 Å². The number of hydrogen-bond acceptors (Lipinski definition) is 2. The third-order valence-corrected chi connectivity index (χ3v) is 1.23. The van der Waals surface area contributed by atoms with Crippen LogP contribution in [-0.4, -0.2) is 25.6 Å². The molecule has 0 atom stereocenters. The zero-order chi connectivity index (χ0) is 7.82. The van der Waals surface area contributed by atoms with Gasteiger partial charge in [-0.25, -0.2) is 4.79 Å². The molecular weight excluding hydrogens is 154 g/mol. The van der Waals surface area contributed by atoms with Crippen molar-refractivity contribution in [2.75, 3.05) is 19.5 Å². The Morgan fingerprint density at radius 3 is 2.80 bits per heavy atom. The van der Waals surface area contributed by atoms with Gasteiger partial charge in [0.2, 0.25) is 0 Å². The van der Waals surface area contributed by atoms with Crippen LogP contribution in [0.3, 0.4) is 0 Å². The van der Waals surface area contributed by atoms with Crippen molar-refractivity contribution in [3.63, 3.8) is 0 Å². The minimum atomic E-state index is -0.380. The average molecular weight is 166 g/mol. The van der Waals surface area contributed by atoms with Gasteiger partial charge in [-0.15, -0.1) is 11.6 Å². The minimum absolute atomic E-state index is 0.380. The van der Waals surface area contributed by atoms with Crippen molar-refractivity contribution in [3.8, 4) is 0 Å². The van der Waals surface area contributed by atoms with Crippen LogP contribution in [0.15, 0.2) is 0 Å². The summed E-state index contributed by atoms with van der Waals surface area (Å²) in [6.07, 6.45) is 1.34. The van der Waals surface area contributed by atoms with Gasteiger partial charge in [-0.05, 0) is 12.8 Å². The molecule has 0 bridgehead atoms. The van der Waals surface area contributed by atoms with Gasteiger partial charge in [0.15, 0.2) is 0 Å². The van der Waals surface area contributed by atoms with Crippen molar-refractivity contribution >= 4 is 17.7 Å². The van der Waals surface area contributed by atoms with E-state index in [0.717, 1.165) is 12.8 Å². The molecule has 1 amide bonds. The first-order valence-electron chi connectivity index (χ1n) is 3.21. The molecule has 60 valence electrons. The molecule has 0 saturated heterocycles. The first-order chi connectivity index (χ1) is 4.81. The predicted molar refractivity (Wildman–Crippen MR) is 40.4 cm³/mol. The monoisotopic (exact) mass is 165 g/mol. The summed E-state index contributed by atoms with van der Waals surface area (Å²) in [5.41, 5.74) is 0. The summed E-state index contributed by atoms with van der Waals surface area (Å²) in [4.78, 5) is 10.4. The minimum Gasteiger partial charge on any atom is -0.450 e. The topological polar surface area (TPSA) is 38.3 Å². The second-order valence-electron chi connectivity index (χ2n) is 1.78. The number of hydrogen-bond donors (Lipinski definition) is 1. The molecule has 10 heavy (non-hydrogen) atoms. The Morgan fingerprint density at radius 1 is 1.60 bits per heavy atom. The molecule has 0 aliphatic rings. The molecule has 0 aromatic carbocycles. The van der Waals surface area contributed by atoms with Crippen LogP contribution in [0.5, 0.6) is 0 Å². The van der Waals surface area contributed by atoms with Crippen molar-refractivity contribution in [2.24, 2.45) is 0 Å². The van der Waals surface area contributed by atoms with Crippen LogP contribution in [0, 0.1) is 0 Å². The summed E-state index contributed by atoms with van der Waals surface area (Å²) in [6, 6.07) is 0. The molecule has 0 fully saturated rings. The summed E-state index contributed by atoms with van der Waals surface area (Å²) in [7, 11) is 1.53. The average Bonchev–Trinajstić information content (AvgIpc) is 1.98. The molecule has 4 heteroatoms. The molecule has 0 rings (SSSR count). The highest BCUT2D eigenvalue weighted by molar-refractivity contribution is 6.17. The zero-order valence-electron chi connectivity index (χ0n) is 6.02. The Morgan fingerprint density at radius 2 is 2.30 bits per heavy atom. The number of carbonyl (C=O) groups is 1. The van der Waals surface area contributed by atoms with E-state index in [2.05, 4.69) is 10.1 Å². The summed E-state index contributed by atoms with van der Waals surface area (Å²) < 4.78 is 4.68. The van der Waals surface area contributed by atoms with E-state index in [1.165, 1.54) is 7.05 Å². The molecule has 0 unspecified atom stereocenters. The maximum Gasteiger partial charge on any atom is 0.406 e. The number of halogens is 1. The van der Waals surface area contributed by atoms with E-state index in [-0.39, 0.29) is 6.09 Å². The lowest BCUT2D eigenvalue weighted by Crippen LogP contribution is -2.19. The van der Waals surface area contributed by atoms with Gasteiger partial charge >= 0.3 is 6.09 Å². The molecule has 0 aromatic heterocycles. The third kappa shape index (κ3) is 5.69. The fourth-order valence-corrected chi connectivity index (χ4v) is 0.623. The number of unbranched alkanes of at least 4 members (excludes halogenated alkanes) is 1. The Kier molecular flexibility index (Phi) is 6.38. The number of carbonyl (C=O) groups excluding carboxylic acids is 1. The summed E-state index contributed by atoms with van der Waals surface area (Å²) in [5, 5.41) is 2.35. The first kappa shape index (κ1) is 9.56. The van der Waals surface area contributed by atoms with Gasteiger partial charge in [0, 0.05) is 12.9 Å². The molecular formula is C6H12ClNO2. The Labute approximate surface area is 65.7 Å². The molecule has 0 spiro atoms. The second kappa shape index (κ2) is 6.68. The molecule has 0 aromatic rings. The molecule has 1 N–H and O–H groups in total. The number of alkyl halides is 1. The van der Waals surface area contributed by atoms with Crippen LogP contribution in [0.25, 0.3) is 0 Å². The molecule has 0 radical (unpaired) electrons. The van der Waals surface area contributed by atoms with Gasteiger partial charge in [0.1, 0.15) is 0 Å². The van der Waals surface area contributed by atoms with Gasteiger partial charge in [-0.1, -0.05) is 0 Å². The summed E-state index contributed by atoms with van der Waals surface area (Å²) in [5.74, 6) is 0.622. The first-order valence-corrected chi connectivity index (χ1v) is 3.75. The molecule has 0 aliphatic carbocycles. The highest BCUT2D eigenvalue weighted by Gasteiger charge is 1.94. The molecule has 0 heterocycles. The van der Waals surface area contributed by atoms with Gasteiger partial charge < -0.3 is 10.1 Å². The predicted octanol–water partition coefficient (Wildman–Crippen LogP) is 1.36. The normalized spacial score (nSPS) is 9.00. The smallest absolute Gasteiger partial charge is 0.406 e. The number of rotatable bonds is 4. The molecule has 0 saturated carbocycles. The highest BCUT2D eigenvalue weighted by atomic mass is 35.5. The van der Waals surface area contributed by atoms with Crippen LogP contribution in [0.2, 0.25) is 0 Å². The number of alkyl carbamates (subject to hydrolysis) is 1. The second-order valence-corrected chi connectivity index (χ2v) is 2.16. The van der Waals surface area contributed by atoms with Gasteiger partial charge in [0.05, 0.1) is 6.61 Å². The largest absolute Gasteiger partial charge is 0.450 e. The van der Waals surface area contributed by atoms with Crippen molar-refractivity contribution in [1.29, 1.82) is 0 Å². The number of amides is 1. The third-order valence-electron chi connectivity index (χ3n) is 0.965. The highest BCUT2D eigenvalue weighted by Crippen LogP contribution is 1.92. The SMILES string of the molecule is CNC(=O)OCCCCCl. The fraction of sp³-hybridized carbons (Fsp3) is 0.833. The lowest BCUT2D eigenvalue weighted by atomic mass is 10.4.